The Bertz CT molecular complexity index is 756. The Morgan fingerprint density at radius 1 is 1.04 bits per heavy atom. The van der Waals surface area contributed by atoms with E-state index in [9.17, 15) is 23.5 Å². The molecule has 1 atom stereocenters. The monoisotopic (exact) mass is 348 g/mol. The third-order valence-electron chi connectivity index (χ3n) is 3.59. The second-order valence-electron chi connectivity index (χ2n) is 5.64. The summed E-state index contributed by atoms with van der Waals surface area (Å²) in [7, 11) is 3.23. The number of hydrogen-bond acceptors (Lipinski definition) is 3. The van der Waals surface area contributed by atoms with Crippen molar-refractivity contribution >= 4 is 11.8 Å². The van der Waals surface area contributed by atoms with Crippen molar-refractivity contribution in [1.82, 2.24) is 10.2 Å². The van der Waals surface area contributed by atoms with E-state index in [2.05, 4.69) is 5.32 Å². The molecule has 132 valence electrons. The Hall–Kier alpha value is -2.80. The number of hydrogen-bond donors (Lipinski definition) is 2. The number of amides is 2. The van der Waals surface area contributed by atoms with Gasteiger partial charge < -0.3 is 15.3 Å². The van der Waals surface area contributed by atoms with E-state index in [4.69, 9.17) is 0 Å². The third-order valence-corrected chi connectivity index (χ3v) is 3.59. The van der Waals surface area contributed by atoms with E-state index in [1.54, 1.807) is 14.1 Å². The summed E-state index contributed by atoms with van der Waals surface area (Å²) in [6, 6.07) is 9.18. The van der Waals surface area contributed by atoms with Gasteiger partial charge in [0, 0.05) is 31.8 Å². The zero-order valence-electron chi connectivity index (χ0n) is 13.8. The van der Waals surface area contributed by atoms with E-state index in [-0.39, 0.29) is 18.0 Å². The number of rotatable bonds is 5. The summed E-state index contributed by atoms with van der Waals surface area (Å²) < 4.78 is 27.2. The van der Waals surface area contributed by atoms with Crippen molar-refractivity contribution in [2.24, 2.45) is 0 Å². The number of benzene rings is 2. The molecule has 0 spiro atoms. The second-order valence-corrected chi connectivity index (χ2v) is 5.64. The van der Waals surface area contributed by atoms with E-state index in [1.165, 1.54) is 35.2 Å². The first-order chi connectivity index (χ1) is 11.8. The fourth-order valence-electron chi connectivity index (χ4n) is 2.24. The molecular weight excluding hydrogens is 330 g/mol. The van der Waals surface area contributed by atoms with E-state index in [0.717, 1.165) is 12.1 Å². The Morgan fingerprint density at radius 2 is 1.56 bits per heavy atom. The highest BCUT2D eigenvalue weighted by Gasteiger charge is 2.19. The van der Waals surface area contributed by atoms with Gasteiger partial charge in [-0.2, -0.15) is 0 Å². The van der Waals surface area contributed by atoms with Crippen LogP contribution in [0, 0.1) is 11.6 Å². The van der Waals surface area contributed by atoms with Crippen LogP contribution in [0.4, 0.5) is 8.78 Å². The Labute approximate surface area is 143 Å². The molecule has 25 heavy (non-hydrogen) atoms. The minimum atomic E-state index is -1.51. The van der Waals surface area contributed by atoms with Crippen LogP contribution in [0.2, 0.25) is 0 Å². The van der Waals surface area contributed by atoms with E-state index < -0.39 is 29.2 Å². The van der Waals surface area contributed by atoms with Crippen LogP contribution in [-0.2, 0) is 0 Å². The smallest absolute Gasteiger partial charge is 0.253 e. The average molecular weight is 348 g/mol. The van der Waals surface area contributed by atoms with Crippen molar-refractivity contribution in [2.45, 2.75) is 6.10 Å². The van der Waals surface area contributed by atoms with Gasteiger partial charge in [-0.3, -0.25) is 9.59 Å². The van der Waals surface area contributed by atoms with Crippen LogP contribution in [0.15, 0.2) is 42.5 Å². The van der Waals surface area contributed by atoms with E-state index >= 15 is 0 Å². The Morgan fingerprint density at radius 3 is 2.08 bits per heavy atom. The minimum Gasteiger partial charge on any atom is -0.386 e. The predicted molar refractivity (Wildman–Crippen MR) is 88.1 cm³/mol. The molecule has 1 unspecified atom stereocenters. The zero-order valence-corrected chi connectivity index (χ0v) is 13.8. The molecule has 0 bridgehead atoms. The second kappa shape index (κ2) is 7.85. The molecule has 0 fully saturated rings. The summed E-state index contributed by atoms with van der Waals surface area (Å²) in [6.45, 7) is -0.352. The molecule has 0 radical (unpaired) electrons. The predicted octanol–water partition coefficient (Wildman–Crippen LogP) is 2.13. The zero-order chi connectivity index (χ0) is 18.6. The van der Waals surface area contributed by atoms with E-state index in [0.29, 0.717) is 5.56 Å². The lowest BCUT2D eigenvalue weighted by atomic mass is 10.1. The van der Waals surface area contributed by atoms with Crippen molar-refractivity contribution < 1.29 is 23.5 Å². The van der Waals surface area contributed by atoms with Crippen molar-refractivity contribution in [3.05, 3.63) is 70.8 Å². The molecule has 0 aliphatic carbocycles. The molecule has 2 N–H and O–H groups in total. The Balaban J connectivity index is 2.01. The van der Waals surface area contributed by atoms with Crippen molar-refractivity contribution in [3.63, 3.8) is 0 Å². The maximum absolute atomic E-state index is 13.6. The van der Waals surface area contributed by atoms with Crippen LogP contribution in [-0.4, -0.2) is 42.5 Å². The summed E-state index contributed by atoms with van der Waals surface area (Å²) in [5.74, 6) is -2.49. The minimum absolute atomic E-state index is 0.197. The Kier molecular flexibility index (Phi) is 5.82. The standard InChI is InChI=1S/C18H18F2N2O3/c1-22(2)18(25)12-8-6-11(7-9-12)17(24)21-10-15(23)16-13(19)4-3-5-14(16)20/h3-9,15,23H,10H2,1-2H3,(H,21,24). The molecule has 0 aliphatic rings. The highest BCUT2D eigenvalue weighted by molar-refractivity contribution is 5.97. The molecule has 7 heteroatoms. The van der Waals surface area contributed by atoms with Crippen LogP contribution in [0.5, 0.6) is 0 Å². The fraction of sp³-hybridized carbons (Fsp3) is 0.222. The number of nitrogens with zero attached hydrogens (tertiary/aromatic N) is 1. The van der Waals surface area contributed by atoms with Crippen LogP contribution in [0.3, 0.4) is 0 Å². The lowest BCUT2D eigenvalue weighted by molar-refractivity contribution is 0.0826. The van der Waals surface area contributed by atoms with Gasteiger partial charge in [-0.15, -0.1) is 0 Å². The van der Waals surface area contributed by atoms with Crippen molar-refractivity contribution in [3.8, 4) is 0 Å². The highest BCUT2D eigenvalue weighted by atomic mass is 19.1. The van der Waals surface area contributed by atoms with Gasteiger partial charge in [0.05, 0.1) is 5.56 Å². The highest BCUT2D eigenvalue weighted by Crippen LogP contribution is 2.20. The molecule has 0 aliphatic heterocycles. The molecule has 5 nitrogen and oxygen atoms in total. The largest absolute Gasteiger partial charge is 0.386 e. The third kappa shape index (κ3) is 4.39. The van der Waals surface area contributed by atoms with Crippen LogP contribution in [0.25, 0.3) is 0 Å². The van der Waals surface area contributed by atoms with Crippen molar-refractivity contribution in [1.29, 1.82) is 0 Å². The first-order valence-corrected chi connectivity index (χ1v) is 7.53. The molecule has 2 aromatic carbocycles. The first-order valence-electron chi connectivity index (χ1n) is 7.53. The number of aliphatic hydroxyl groups excluding tert-OH is 1. The van der Waals surface area contributed by atoms with Gasteiger partial charge >= 0.3 is 0 Å². The lowest BCUT2D eigenvalue weighted by Gasteiger charge is -2.14. The SMILES string of the molecule is CN(C)C(=O)c1ccc(C(=O)NCC(O)c2c(F)cccc2F)cc1. The molecule has 0 saturated heterocycles. The van der Waals surface area contributed by atoms with Gasteiger partial charge in [-0.1, -0.05) is 6.07 Å². The topological polar surface area (TPSA) is 69.6 Å². The fourth-order valence-corrected chi connectivity index (χ4v) is 2.24. The van der Waals surface area contributed by atoms with Gasteiger partial charge in [-0.05, 0) is 36.4 Å². The summed E-state index contributed by atoms with van der Waals surface area (Å²) in [4.78, 5) is 25.3. The number of aliphatic hydroxyl groups is 1. The lowest BCUT2D eigenvalue weighted by Crippen LogP contribution is -2.29. The maximum Gasteiger partial charge on any atom is 0.253 e. The number of halogens is 2. The maximum atomic E-state index is 13.6. The van der Waals surface area contributed by atoms with Gasteiger partial charge in [0.1, 0.15) is 17.7 Å². The van der Waals surface area contributed by atoms with Crippen molar-refractivity contribution in [2.75, 3.05) is 20.6 Å². The van der Waals surface area contributed by atoms with Crippen LogP contribution in [0.1, 0.15) is 32.4 Å². The summed E-state index contributed by atoms with van der Waals surface area (Å²) in [6.07, 6.45) is -1.51. The average Bonchev–Trinajstić information content (AvgIpc) is 2.59. The molecule has 0 saturated carbocycles. The molecular formula is C18H18F2N2O3. The quantitative estimate of drug-likeness (QED) is 0.870. The number of nitrogens with one attached hydrogen (secondary N) is 1. The van der Waals surface area contributed by atoms with Gasteiger partial charge in [0.25, 0.3) is 11.8 Å². The summed E-state index contributed by atoms with van der Waals surface area (Å²) >= 11 is 0. The molecule has 0 aromatic heterocycles. The number of carbonyl (C=O) groups excluding carboxylic acids is 2. The summed E-state index contributed by atoms with van der Waals surface area (Å²) in [5.41, 5.74) is 0.196. The summed E-state index contributed by atoms with van der Waals surface area (Å²) in [5, 5.41) is 12.3. The van der Waals surface area contributed by atoms with E-state index in [1.807, 2.05) is 0 Å². The van der Waals surface area contributed by atoms with Crippen LogP contribution >= 0.6 is 0 Å². The molecule has 2 amide bonds. The van der Waals surface area contributed by atoms with Gasteiger partial charge in [-0.25, -0.2) is 8.78 Å². The van der Waals surface area contributed by atoms with Crippen LogP contribution < -0.4 is 5.32 Å². The van der Waals surface area contributed by atoms with Gasteiger partial charge in [0.2, 0.25) is 0 Å². The first kappa shape index (κ1) is 18.5. The van der Waals surface area contributed by atoms with Gasteiger partial charge in [0.15, 0.2) is 0 Å². The molecule has 0 heterocycles. The normalized spacial score (nSPS) is 11.7. The molecule has 2 rings (SSSR count). The molecule has 2 aromatic rings. The number of carbonyl (C=O) groups is 2.